The van der Waals surface area contributed by atoms with Gasteiger partial charge in [0.15, 0.2) is 0 Å². The van der Waals surface area contributed by atoms with Crippen molar-refractivity contribution in [3.63, 3.8) is 0 Å². The first-order valence-corrected chi connectivity index (χ1v) is 8.35. The summed E-state index contributed by atoms with van der Waals surface area (Å²) in [5.74, 6) is -0.605. The summed E-state index contributed by atoms with van der Waals surface area (Å²) >= 11 is 0. The van der Waals surface area contributed by atoms with Crippen LogP contribution < -0.4 is 14.8 Å². The van der Waals surface area contributed by atoms with Crippen molar-refractivity contribution < 1.29 is 18.1 Å². The average molecular weight is 304 g/mol. The summed E-state index contributed by atoms with van der Waals surface area (Å²) in [7, 11) is -4.01. The average Bonchev–Trinajstić information content (AvgIpc) is 3.16. The summed E-state index contributed by atoms with van der Waals surface area (Å²) in [6, 6.07) is -0.255. The first-order valence-electron chi connectivity index (χ1n) is 6.85. The van der Waals surface area contributed by atoms with Crippen LogP contribution in [0.3, 0.4) is 0 Å². The highest BCUT2D eigenvalue weighted by Gasteiger charge is 2.36. The maximum absolute atomic E-state index is 14.4. The molecule has 1 unspecified atom stereocenters. The third-order valence-electron chi connectivity index (χ3n) is 3.84. The van der Waals surface area contributed by atoms with Crippen LogP contribution in [0.4, 0.5) is 10.1 Å². The Morgan fingerprint density at radius 1 is 1.45 bits per heavy atom. The van der Waals surface area contributed by atoms with Crippen LogP contribution in [0.1, 0.15) is 31.7 Å². The number of quaternary nitrogens is 1. The van der Waals surface area contributed by atoms with Crippen molar-refractivity contribution in [3.05, 3.63) is 12.1 Å². The molecule has 1 saturated carbocycles. The highest BCUT2D eigenvalue weighted by molar-refractivity contribution is 7.90. The summed E-state index contributed by atoms with van der Waals surface area (Å²) in [5.41, 5.74) is -0.0281. The van der Waals surface area contributed by atoms with Gasteiger partial charge in [-0.3, -0.25) is 0 Å². The molecular weight excluding hydrogens is 285 g/mol. The van der Waals surface area contributed by atoms with Gasteiger partial charge in [0.25, 0.3) is 10.2 Å². The minimum Gasteiger partial charge on any atom is -0.345 e. The van der Waals surface area contributed by atoms with Crippen molar-refractivity contribution in [1.82, 2.24) is 9.78 Å². The van der Waals surface area contributed by atoms with Crippen LogP contribution in [-0.4, -0.2) is 37.3 Å². The Bertz CT molecular complexity index is 592. The van der Waals surface area contributed by atoms with E-state index in [4.69, 9.17) is 5.14 Å². The molecule has 1 aromatic heterocycles. The predicted octanol–water partition coefficient (Wildman–Crippen LogP) is -0.907. The summed E-state index contributed by atoms with van der Waals surface area (Å²) in [6.07, 6.45) is 4.60. The number of halogens is 1. The van der Waals surface area contributed by atoms with Crippen LogP contribution in [0.2, 0.25) is 0 Å². The molecule has 0 spiro atoms. The van der Waals surface area contributed by atoms with E-state index in [1.165, 1.54) is 10.9 Å². The van der Waals surface area contributed by atoms with E-state index in [1.807, 2.05) is 5.32 Å². The van der Waals surface area contributed by atoms with Crippen molar-refractivity contribution in [3.8, 4) is 0 Å². The lowest BCUT2D eigenvalue weighted by atomic mass is 10.1. The van der Waals surface area contributed by atoms with E-state index in [0.29, 0.717) is 13.0 Å². The molecular formula is C11H19FN5O2S+. The van der Waals surface area contributed by atoms with E-state index < -0.39 is 16.2 Å². The number of nitrogens with zero attached hydrogens (tertiary/aromatic N) is 3. The molecule has 112 valence electrons. The van der Waals surface area contributed by atoms with Crippen LogP contribution in [0.15, 0.2) is 6.20 Å². The number of rotatable bonds is 4. The fraction of sp³-hybridized carbons (Fsp3) is 0.727. The normalized spacial score (nSPS) is 23.8. The van der Waals surface area contributed by atoms with Crippen LogP contribution >= 0.6 is 0 Å². The molecule has 0 amide bonds. The van der Waals surface area contributed by atoms with Crippen LogP contribution in [0.5, 0.6) is 0 Å². The first kappa shape index (κ1) is 13.8. The van der Waals surface area contributed by atoms with Gasteiger partial charge in [-0.15, -0.1) is 0 Å². The molecule has 20 heavy (non-hydrogen) atoms. The number of aromatic nitrogens is 2. The lowest BCUT2D eigenvalue weighted by molar-refractivity contribution is -0.663. The lowest BCUT2D eigenvalue weighted by Crippen LogP contribution is -2.89. The molecule has 9 heteroatoms. The predicted molar refractivity (Wildman–Crippen MR) is 70.7 cm³/mol. The number of hydrogen-bond donors (Lipinski definition) is 2. The minimum atomic E-state index is -4.01. The molecule has 7 nitrogen and oxygen atoms in total. The van der Waals surface area contributed by atoms with Crippen LogP contribution in [-0.2, 0) is 10.2 Å². The number of piperidine rings is 1. The molecule has 0 bridgehead atoms. The van der Waals surface area contributed by atoms with Gasteiger partial charge in [0.1, 0.15) is 5.69 Å². The Labute approximate surface area is 117 Å². The second-order valence-corrected chi connectivity index (χ2v) is 6.87. The number of anilines is 1. The summed E-state index contributed by atoms with van der Waals surface area (Å²) in [5, 5.41) is 11.3. The van der Waals surface area contributed by atoms with Crippen molar-refractivity contribution in [2.75, 3.05) is 17.4 Å². The monoisotopic (exact) mass is 304 g/mol. The van der Waals surface area contributed by atoms with Crippen LogP contribution in [0.25, 0.3) is 0 Å². The topological polar surface area (TPSA) is 97.8 Å². The minimum absolute atomic E-state index is 0.0281. The van der Waals surface area contributed by atoms with E-state index in [1.54, 1.807) is 0 Å². The molecule has 2 heterocycles. The van der Waals surface area contributed by atoms with Crippen molar-refractivity contribution in [1.29, 1.82) is 0 Å². The quantitative estimate of drug-likeness (QED) is 0.753. The zero-order valence-corrected chi connectivity index (χ0v) is 11.9. The molecule has 2 fully saturated rings. The molecule has 0 radical (unpaired) electrons. The Kier molecular flexibility index (Phi) is 3.43. The molecule has 2 aliphatic rings. The van der Waals surface area contributed by atoms with Crippen molar-refractivity contribution in [2.45, 2.75) is 37.8 Å². The summed E-state index contributed by atoms with van der Waals surface area (Å²) in [6.45, 7) is 1.54. The fourth-order valence-corrected chi connectivity index (χ4v) is 3.74. The Morgan fingerprint density at radius 2 is 2.20 bits per heavy atom. The van der Waals surface area contributed by atoms with Gasteiger partial charge in [0, 0.05) is 0 Å². The molecule has 1 aromatic rings. The third-order valence-corrected chi connectivity index (χ3v) is 4.88. The molecule has 1 saturated heterocycles. The SMILES string of the molecule is NS(=O)(=O)N(c1cnn(C2CC2)c1F)C1CCC[NH2+]C1. The van der Waals surface area contributed by atoms with Crippen molar-refractivity contribution >= 4 is 15.9 Å². The molecule has 4 N–H and O–H groups in total. The molecule has 3 rings (SSSR count). The number of nitrogens with two attached hydrogens (primary N) is 2. The van der Waals surface area contributed by atoms with Gasteiger partial charge in [-0.2, -0.15) is 17.9 Å². The van der Waals surface area contributed by atoms with E-state index in [-0.39, 0.29) is 17.8 Å². The zero-order valence-electron chi connectivity index (χ0n) is 11.1. The third kappa shape index (κ3) is 2.52. The summed E-state index contributed by atoms with van der Waals surface area (Å²) < 4.78 is 40.4. The lowest BCUT2D eigenvalue weighted by Gasteiger charge is -2.31. The number of hydrogen-bond acceptors (Lipinski definition) is 3. The van der Waals surface area contributed by atoms with Gasteiger partial charge in [-0.25, -0.2) is 14.1 Å². The second-order valence-electron chi connectivity index (χ2n) is 5.45. The highest BCUT2D eigenvalue weighted by atomic mass is 32.2. The van der Waals surface area contributed by atoms with Gasteiger partial charge < -0.3 is 5.32 Å². The molecule has 1 atom stereocenters. The van der Waals surface area contributed by atoms with Gasteiger partial charge in [0.2, 0.25) is 5.95 Å². The van der Waals surface area contributed by atoms with Gasteiger partial charge in [-0.05, 0) is 25.7 Å². The largest absolute Gasteiger partial charge is 0.345 e. The van der Waals surface area contributed by atoms with E-state index in [9.17, 15) is 12.8 Å². The fourth-order valence-electron chi connectivity index (χ4n) is 2.74. The van der Waals surface area contributed by atoms with E-state index >= 15 is 0 Å². The Balaban J connectivity index is 1.96. The summed E-state index contributed by atoms with van der Waals surface area (Å²) in [4.78, 5) is 0. The van der Waals surface area contributed by atoms with E-state index in [2.05, 4.69) is 5.10 Å². The molecule has 1 aliphatic carbocycles. The second kappa shape index (κ2) is 4.97. The van der Waals surface area contributed by atoms with Gasteiger partial charge >= 0.3 is 0 Å². The van der Waals surface area contributed by atoms with E-state index in [0.717, 1.165) is 30.1 Å². The maximum Gasteiger partial charge on any atom is 0.299 e. The molecule has 0 aromatic carbocycles. The standard InChI is InChI=1S/C11H18FN5O2S/c12-11-10(7-15-16(11)8-3-4-8)17(20(13,18)19)9-2-1-5-14-6-9/h7-9,14H,1-6H2,(H2,13,18,19)/p+1. The van der Waals surface area contributed by atoms with Gasteiger partial charge in [-0.1, -0.05) is 0 Å². The van der Waals surface area contributed by atoms with Gasteiger partial charge in [0.05, 0.1) is 31.4 Å². The first-order chi connectivity index (χ1) is 9.48. The molecule has 1 aliphatic heterocycles. The Hall–Kier alpha value is -1.19. The smallest absolute Gasteiger partial charge is 0.299 e. The maximum atomic E-state index is 14.4. The van der Waals surface area contributed by atoms with Crippen LogP contribution in [0, 0.1) is 5.95 Å². The zero-order chi connectivity index (χ0) is 14.3. The highest BCUT2D eigenvalue weighted by Crippen LogP contribution is 2.37. The Morgan fingerprint density at radius 3 is 2.75 bits per heavy atom. The van der Waals surface area contributed by atoms with Crippen molar-refractivity contribution in [2.24, 2.45) is 5.14 Å².